The second-order valence-corrected chi connectivity index (χ2v) is 4.50. The Labute approximate surface area is 95.8 Å². The number of amides is 1. The van der Waals surface area contributed by atoms with Gasteiger partial charge in [0.1, 0.15) is 0 Å². The van der Waals surface area contributed by atoms with Crippen LogP contribution >= 0.6 is 0 Å². The molecular formula is C11H21NO4. The molecule has 0 radical (unpaired) electrons. The van der Waals surface area contributed by atoms with Gasteiger partial charge in [-0.05, 0) is 19.8 Å². The van der Waals surface area contributed by atoms with E-state index in [0.29, 0.717) is 0 Å². The number of aliphatic hydroxyl groups is 2. The summed E-state index contributed by atoms with van der Waals surface area (Å²) >= 11 is 0. The molecule has 5 nitrogen and oxygen atoms in total. The van der Waals surface area contributed by atoms with E-state index < -0.39 is 6.04 Å². The minimum Gasteiger partial charge on any atom is -0.394 e. The molecule has 5 heteroatoms. The summed E-state index contributed by atoms with van der Waals surface area (Å²) in [5.41, 5.74) is 0. The van der Waals surface area contributed by atoms with Gasteiger partial charge in [-0.2, -0.15) is 0 Å². The van der Waals surface area contributed by atoms with Crippen LogP contribution in [0.15, 0.2) is 0 Å². The molecule has 16 heavy (non-hydrogen) atoms. The molecule has 0 aromatic rings. The van der Waals surface area contributed by atoms with Crippen LogP contribution in [0.2, 0.25) is 0 Å². The summed E-state index contributed by atoms with van der Waals surface area (Å²) in [4.78, 5) is 11.9. The molecule has 0 aromatic heterocycles. The zero-order chi connectivity index (χ0) is 12.3. The first-order chi connectivity index (χ1) is 7.51. The van der Waals surface area contributed by atoms with Crippen LogP contribution in [0.4, 0.5) is 0 Å². The lowest BCUT2D eigenvalue weighted by Crippen LogP contribution is -2.46. The summed E-state index contributed by atoms with van der Waals surface area (Å²) in [6, 6.07) is -0.581. The fourth-order valence-electron chi connectivity index (χ4n) is 2.16. The van der Waals surface area contributed by atoms with Crippen molar-refractivity contribution in [1.82, 2.24) is 5.32 Å². The zero-order valence-corrected chi connectivity index (χ0v) is 10.0. The van der Waals surface area contributed by atoms with Gasteiger partial charge in [0.25, 0.3) is 0 Å². The lowest BCUT2D eigenvalue weighted by atomic mass is 9.88. The molecule has 94 valence electrons. The van der Waals surface area contributed by atoms with Gasteiger partial charge in [0.15, 0.2) is 0 Å². The number of ether oxygens (including phenoxy) is 1. The first kappa shape index (κ1) is 13.4. The van der Waals surface area contributed by atoms with Gasteiger partial charge in [-0.3, -0.25) is 4.79 Å². The van der Waals surface area contributed by atoms with Crippen LogP contribution in [-0.4, -0.2) is 47.6 Å². The first-order valence-electron chi connectivity index (χ1n) is 5.68. The number of nitrogens with one attached hydrogen (secondary N) is 1. The predicted octanol–water partition coefficient (Wildman–Crippen LogP) is -0.485. The van der Waals surface area contributed by atoms with E-state index in [1.807, 2.05) is 20.8 Å². The van der Waals surface area contributed by atoms with Gasteiger partial charge in [0.2, 0.25) is 5.91 Å². The Morgan fingerprint density at radius 1 is 1.25 bits per heavy atom. The molecule has 0 bridgehead atoms. The van der Waals surface area contributed by atoms with Gasteiger partial charge < -0.3 is 20.3 Å². The van der Waals surface area contributed by atoms with Crippen LogP contribution in [0.5, 0.6) is 0 Å². The van der Waals surface area contributed by atoms with E-state index in [9.17, 15) is 4.79 Å². The Kier molecular flexibility index (Phi) is 4.70. The third kappa shape index (κ3) is 2.72. The fraction of sp³-hybridized carbons (Fsp3) is 0.909. The highest BCUT2D eigenvalue weighted by atomic mass is 16.5. The summed E-state index contributed by atoms with van der Waals surface area (Å²) in [6.07, 6.45) is -0.0597. The van der Waals surface area contributed by atoms with Crippen molar-refractivity contribution in [2.75, 3.05) is 13.2 Å². The number of carbonyl (C=O) groups is 1. The second kappa shape index (κ2) is 5.61. The standard InChI is InChI=1S/C11H21NO4/c1-6-7(2)16-8(3)10(6)11(15)12-9(4-13)5-14/h6-10,13-14H,4-5H2,1-3H3,(H,12,15). The van der Waals surface area contributed by atoms with Crippen molar-refractivity contribution >= 4 is 5.91 Å². The summed E-state index contributed by atoms with van der Waals surface area (Å²) in [6.45, 7) is 5.29. The van der Waals surface area contributed by atoms with Crippen molar-refractivity contribution in [2.45, 2.75) is 39.0 Å². The molecule has 1 fully saturated rings. The fourth-order valence-corrected chi connectivity index (χ4v) is 2.16. The van der Waals surface area contributed by atoms with Gasteiger partial charge in [-0.1, -0.05) is 6.92 Å². The topological polar surface area (TPSA) is 78.8 Å². The van der Waals surface area contributed by atoms with E-state index in [4.69, 9.17) is 14.9 Å². The molecule has 1 saturated heterocycles. The molecule has 0 saturated carbocycles. The molecule has 0 spiro atoms. The van der Waals surface area contributed by atoms with Crippen LogP contribution in [0, 0.1) is 11.8 Å². The lowest BCUT2D eigenvalue weighted by Gasteiger charge is -2.21. The predicted molar refractivity (Wildman–Crippen MR) is 58.8 cm³/mol. The van der Waals surface area contributed by atoms with E-state index in [1.165, 1.54) is 0 Å². The maximum Gasteiger partial charge on any atom is 0.226 e. The summed E-state index contributed by atoms with van der Waals surface area (Å²) in [5.74, 6) is -0.221. The van der Waals surface area contributed by atoms with Gasteiger partial charge >= 0.3 is 0 Å². The maximum absolute atomic E-state index is 11.9. The summed E-state index contributed by atoms with van der Waals surface area (Å²) in [7, 11) is 0. The molecule has 4 unspecified atom stereocenters. The quantitative estimate of drug-likeness (QED) is 0.610. The minimum atomic E-state index is -0.581. The van der Waals surface area contributed by atoms with Gasteiger partial charge in [0.05, 0.1) is 37.4 Å². The van der Waals surface area contributed by atoms with Gasteiger partial charge in [-0.15, -0.1) is 0 Å². The van der Waals surface area contributed by atoms with Crippen LogP contribution in [-0.2, 0) is 9.53 Å². The van der Waals surface area contributed by atoms with E-state index in [2.05, 4.69) is 5.32 Å². The Morgan fingerprint density at radius 3 is 2.19 bits per heavy atom. The largest absolute Gasteiger partial charge is 0.394 e. The van der Waals surface area contributed by atoms with Crippen molar-refractivity contribution in [3.8, 4) is 0 Å². The molecule has 1 amide bonds. The molecular weight excluding hydrogens is 210 g/mol. The van der Waals surface area contributed by atoms with Crippen LogP contribution < -0.4 is 5.32 Å². The second-order valence-electron chi connectivity index (χ2n) is 4.50. The first-order valence-corrected chi connectivity index (χ1v) is 5.68. The van der Waals surface area contributed by atoms with Gasteiger partial charge in [-0.25, -0.2) is 0 Å². The summed E-state index contributed by atoms with van der Waals surface area (Å²) in [5, 5.41) is 20.4. The average Bonchev–Trinajstić information content (AvgIpc) is 2.49. The number of aliphatic hydroxyl groups excluding tert-OH is 2. The highest BCUT2D eigenvalue weighted by molar-refractivity contribution is 5.80. The smallest absolute Gasteiger partial charge is 0.226 e. The highest BCUT2D eigenvalue weighted by Crippen LogP contribution is 2.32. The Balaban J connectivity index is 2.59. The Morgan fingerprint density at radius 2 is 1.81 bits per heavy atom. The van der Waals surface area contributed by atoms with Crippen molar-refractivity contribution in [1.29, 1.82) is 0 Å². The maximum atomic E-state index is 11.9. The molecule has 0 aliphatic carbocycles. The third-order valence-electron chi connectivity index (χ3n) is 3.33. The lowest BCUT2D eigenvalue weighted by molar-refractivity contribution is -0.128. The van der Waals surface area contributed by atoms with Crippen molar-refractivity contribution in [3.05, 3.63) is 0 Å². The normalized spacial score (nSPS) is 34.4. The molecule has 1 aliphatic heterocycles. The average molecular weight is 231 g/mol. The number of hydrogen-bond acceptors (Lipinski definition) is 4. The number of rotatable bonds is 4. The van der Waals surface area contributed by atoms with Crippen molar-refractivity contribution in [2.24, 2.45) is 11.8 Å². The molecule has 0 aromatic carbocycles. The zero-order valence-electron chi connectivity index (χ0n) is 10.0. The number of hydrogen-bond donors (Lipinski definition) is 3. The van der Waals surface area contributed by atoms with Crippen LogP contribution in [0.3, 0.4) is 0 Å². The summed E-state index contributed by atoms with van der Waals surface area (Å²) < 4.78 is 5.57. The molecule has 1 aliphatic rings. The monoisotopic (exact) mass is 231 g/mol. The molecule has 4 atom stereocenters. The Hall–Kier alpha value is -0.650. The van der Waals surface area contributed by atoms with Crippen LogP contribution in [0.1, 0.15) is 20.8 Å². The van der Waals surface area contributed by atoms with Crippen molar-refractivity contribution < 1.29 is 19.7 Å². The SMILES string of the molecule is CC1OC(C)C(C(=O)NC(CO)CO)C1C. The Bertz CT molecular complexity index is 242. The third-order valence-corrected chi connectivity index (χ3v) is 3.33. The van der Waals surface area contributed by atoms with E-state index in [0.717, 1.165) is 0 Å². The molecule has 1 rings (SSSR count). The molecule has 3 N–H and O–H groups in total. The van der Waals surface area contributed by atoms with Crippen LogP contribution in [0.25, 0.3) is 0 Å². The highest BCUT2D eigenvalue weighted by Gasteiger charge is 2.41. The van der Waals surface area contributed by atoms with Crippen molar-refractivity contribution in [3.63, 3.8) is 0 Å². The van der Waals surface area contributed by atoms with Gasteiger partial charge in [0, 0.05) is 0 Å². The van der Waals surface area contributed by atoms with E-state index >= 15 is 0 Å². The molecule has 1 heterocycles. The van der Waals surface area contributed by atoms with E-state index in [-0.39, 0.29) is 43.2 Å². The number of carbonyl (C=O) groups excluding carboxylic acids is 1. The van der Waals surface area contributed by atoms with E-state index in [1.54, 1.807) is 0 Å². The minimum absolute atomic E-state index is 0.0625.